The van der Waals surface area contributed by atoms with Crippen molar-refractivity contribution in [1.82, 2.24) is 15.0 Å². The van der Waals surface area contributed by atoms with Gasteiger partial charge in [0.25, 0.3) is 0 Å². The first-order valence-corrected chi connectivity index (χ1v) is 4.11. The number of alkyl halides is 3. The third kappa shape index (κ3) is 1.98. The van der Waals surface area contributed by atoms with Crippen LogP contribution in [0.25, 0.3) is 11.3 Å². The van der Waals surface area contributed by atoms with Crippen molar-refractivity contribution in [1.29, 1.82) is 0 Å². The molecule has 2 aromatic rings. The van der Waals surface area contributed by atoms with Gasteiger partial charge in [0.15, 0.2) is 0 Å². The van der Waals surface area contributed by atoms with E-state index < -0.39 is 12.0 Å². The summed E-state index contributed by atoms with van der Waals surface area (Å²) in [5.41, 5.74) is 0.849. The predicted molar refractivity (Wildman–Crippen MR) is 46.8 cm³/mol. The van der Waals surface area contributed by atoms with Gasteiger partial charge in [0, 0.05) is 24.2 Å². The molecule has 0 bridgehead atoms. The standard InChI is InChI=1S/C9H6F3N3/c10-9(11,12)8-14-4-2-7(15-8)6-1-3-13-5-6/h1-5,13H. The minimum atomic E-state index is -4.51. The van der Waals surface area contributed by atoms with Gasteiger partial charge >= 0.3 is 6.18 Å². The number of rotatable bonds is 1. The van der Waals surface area contributed by atoms with Gasteiger partial charge < -0.3 is 4.98 Å². The second-order valence-corrected chi connectivity index (χ2v) is 2.86. The predicted octanol–water partition coefficient (Wildman–Crippen LogP) is 2.49. The summed E-state index contributed by atoms with van der Waals surface area (Å²) < 4.78 is 36.8. The molecule has 3 nitrogen and oxygen atoms in total. The highest BCUT2D eigenvalue weighted by Crippen LogP contribution is 2.27. The average molecular weight is 213 g/mol. The van der Waals surface area contributed by atoms with E-state index in [1.807, 2.05) is 0 Å². The van der Waals surface area contributed by atoms with Gasteiger partial charge in [-0.05, 0) is 12.1 Å². The van der Waals surface area contributed by atoms with Crippen LogP contribution >= 0.6 is 0 Å². The van der Waals surface area contributed by atoms with Crippen LogP contribution in [0, 0.1) is 0 Å². The Balaban J connectivity index is 2.44. The summed E-state index contributed by atoms with van der Waals surface area (Å²) in [6.07, 6.45) is -0.225. The minimum absolute atomic E-state index is 0.249. The van der Waals surface area contributed by atoms with Gasteiger partial charge in [0.2, 0.25) is 5.82 Å². The third-order valence-corrected chi connectivity index (χ3v) is 1.80. The summed E-state index contributed by atoms with van der Waals surface area (Å²) in [7, 11) is 0. The molecule has 0 saturated heterocycles. The Hall–Kier alpha value is -1.85. The number of halogens is 3. The van der Waals surface area contributed by atoms with Crippen LogP contribution in [0.2, 0.25) is 0 Å². The van der Waals surface area contributed by atoms with Crippen molar-refractivity contribution >= 4 is 0 Å². The van der Waals surface area contributed by atoms with Crippen molar-refractivity contribution < 1.29 is 13.2 Å². The van der Waals surface area contributed by atoms with Gasteiger partial charge in [-0.25, -0.2) is 9.97 Å². The molecule has 0 aliphatic rings. The lowest BCUT2D eigenvalue weighted by Gasteiger charge is -2.05. The lowest BCUT2D eigenvalue weighted by atomic mass is 10.2. The molecule has 1 N–H and O–H groups in total. The largest absolute Gasteiger partial charge is 0.451 e. The number of H-pyrrole nitrogens is 1. The fraction of sp³-hybridized carbons (Fsp3) is 0.111. The van der Waals surface area contributed by atoms with Crippen LogP contribution in [0.15, 0.2) is 30.7 Å². The zero-order valence-corrected chi connectivity index (χ0v) is 7.42. The van der Waals surface area contributed by atoms with Crippen molar-refractivity contribution in [2.45, 2.75) is 6.18 Å². The van der Waals surface area contributed by atoms with Gasteiger partial charge in [-0.3, -0.25) is 0 Å². The quantitative estimate of drug-likeness (QED) is 0.790. The number of hydrogen-bond acceptors (Lipinski definition) is 2. The van der Waals surface area contributed by atoms with E-state index in [9.17, 15) is 13.2 Å². The maximum Gasteiger partial charge on any atom is 0.451 e. The molecule has 2 aromatic heterocycles. The van der Waals surface area contributed by atoms with E-state index in [2.05, 4.69) is 15.0 Å². The van der Waals surface area contributed by atoms with Crippen molar-refractivity contribution in [3.05, 3.63) is 36.5 Å². The molecule has 0 unspecified atom stereocenters. The van der Waals surface area contributed by atoms with Crippen molar-refractivity contribution in [3.8, 4) is 11.3 Å². The van der Waals surface area contributed by atoms with Crippen LogP contribution in [-0.4, -0.2) is 15.0 Å². The molecule has 2 heterocycles. The Morgan fingerprint density at radius 1 is 1.20 bits per heavy atom. The van der Waals surface area contributed by atoms with Gasteiger partial charge in [-0.1, -0.05) is 0 Å². The molecule has 0 saturated carbocycles. The van der Waals surface area contributed by atoms with Crippen molar-refractivity contribution in [2.75, 3.05) is 0 Å². The van der Waals surface area contributed by atoms with Crippen LogP contribution in [0.5, 0.6) is 0 Å². The van der Waals surface area contributed by atoms with E-state index in [-0.39, 0.29) is 5.69 Å². The molecule has 2 rings (SSSR count). The van der Waals surface area contributed by atoms with Crippen LogP contribution in [0.1, 0.15) is 5.82 Å². The second-order valence-electron chi connectivity index (χ2n) is 2.86. The zero-order chi connectivity index (χ0) is 10.9. The van der Waals surface area contributed by atoms with Gasteiger partial charge in [0.1, 0.15) is 0 Å². The van der Waals surface area contributed by atoms with Crippen molar-refractivity contribution in [2.24, 2.45) is 0 Å². The zero-order valence-electron chi connectivity index (χ0n) is 7.42. The number of nitrogens with one attached hydrogen (secondary N) is 1. The summed E-state index contributed by atoms with van der Waals surface area (Å²) in [4.78, 5) is 9.35. The summed E-state index contributed by atoms with van der Waals surface area (Å²) in [6, 6.07) is 3.07. The average Bonchev–Trinajstić information content (AvgIpc) is 2.69. The molecular weight excluding hydrogens is 207 g/mol. The number of aromatic amines is 1. The monoisotopic (exact) mass is 213 g/mol. The fourth-order valence-corrected chi connectivity index (χ4v) is 1.14. The molecule has 0 aromatic carbocycles. The van der Waals surface area contributed by atoms with Crippen LogP contribution < -0.4 is 0 Å². The molecule has 15 heavy (non-hydrogen) atoms. The molecule has 6 heteroatoms. The first-order chi connectivity index (χ1) is 7.07. The highest BCUT2D eigenvalue weighted by atomic mass is 19.4. The molecular formula is C9H6F3N3. The lowest BCUT2D eigenvalue weighted by Crippen LogP contribution is -2.10. The van der Waals surface area contributed by atoms with E-state index in [1.165, 1.54) is 6.07 Å². The summed E-state index contributed by atoms with van der Waals surface area (Å²) in [5, 5.41) is 0. The number of hydrogen-bond donors (Lipinski definition) is 1. The van der Waals surface area contributed by atoms with Crippen LogP contribution in [0.3, 0.4) is 0 Å². The maximum absolute atomic E-state index is 12.3. The molecule has 0 radical (unpaired) electrons. The Labute approximate surface area is 83.0 Å². The topological polar surface area (TPSA) is 41.6 Å². The Morgan fingerprint density at radius 3 is 2.60 bits per heavy atom. The molecule has 0 aliphatic heterocycles. The second kappa shape index (κ2) is 3.38. The molecule has 0 atom stereocenters. The van der Waals surface area contributed by atoms with Gasteiger partial charge in [-0.15, -0.1) is 0 Å². The third-order valence-electron chi connectivity index (χ3n) is 1.80. The normalized spacial score (nSPS) is 11.7. The molecule has 0 fully saturated rings. The van der Waals surface area contributed by atoms with Crippen LogP contribution in [-0.2, 0) is 6.18 Å². The molecule has 78 valence electrons. The first kappa shape index (κ1) is 9.70. The lowest BCUT2D eigenvalue weighted by molar-refractivity contribution is -0.144. The summed E-state index contributed by atoms with van der Waals surface area (Å²) in [5.74, 6) is -1.12. The molecule has 0 aliphatic carbocycles. The molecule has 0 amide bonds. The smallest absolute Gasteiger partial charge is 0.367 e. The number of aromatic nitrogens is 3. The van der Waals surface area contributed by atoms with E-state index >= 15 is 0 Å². The minimum Gasteiger partial charge on any atom is -0.367 e. The van der Waals surface area contributed by atoms with E-state index in [1.54, 1.807) is 18.5 Å². The Kier molecular flexibility index (Phi) is 2.18. The highest BCUT2D eigenvalue weighted by Gasteiger charge is 2.34. The Bertz CT molecular complexity index is 448. The maximum atomic E-state index is 12.3. The Morgan fingerprint density at radius 2 is 2.00 bits per heavy atom. The van der Waals surface area contributed by atoms with E-state index in [0.717, 1.165) is 6.20 Å². The van der Waals surface area contributed by atoms with E-state index in [4.69, 9.17) is 0 Å². The van der Waals surface area contributed by atoms with Crippen LogP contribution in [0.4, 0.5) is 13.2 Å². The highest BCUT2D eigenvalue weighted by molar-refractivity contribution is 5.57. The van der Waals surface area contributed by atoms with E-state index in [0.29, 0.717) is 5.56 Å². The summed E-state index contributed by atoms with van der Waals surface area (Å²) in [6.45, 7) is 0. The SMILES string of the molecule is FC(F)(F)c1nccc(-c2cc[nH]c2)n1. The molecule has 0 spiro atoms. The van der Waals surface area contributed by atoms with Gasteiger partial charge in [0.05, 0.1) is 5.69 Å². The fourth-order valence-electron chi connectivity index (χ4n) is 1.14. The van der Waals surface area contributed by atoms with Crippen molar-refractivity contribution in [3.63, 3.8) is 0 Å². The number of nitrogens with zero attached hydrogens (tertiary/aromatic N) is 2. The summed E-state index contributed by atoms with van der Waals surface area (Å²) >= 11 is 0. The first-order valence-electron chi connectivity index (χ1n) is 4.11. The van der Waals surface area contributed by atoms with Gasteiger partial charge in [-0.2, -0.15) is 13.2 Å².